The minimum Gasteiger partial charge on any atom is -0.488 e. The van der Waals surface area contributed by atoms with E-state index in [2.05, 4.69) is 10.4 Å². The van der Waals surface area contributed by atoms with Gasteiger partial charge in [0, 0.05) is 18.7 Å². The van der Waals surface area contributed by atoms with Gasteiger partial charge in [0.1, 0.15) is 18.2 Å². The highest BCUT2D eigenvalue weighted by Crippen LogP contribution is 2.26. The predicted octanol–water partition coefficient (Wildman–Crippen LogP) is 2.14. The Bertz CT molecular complexity index is 701. The Kier molecular flexibility index (Phi) is 3.02. The van der Waals surface area contributed by atoms with Crippen LogP contribution in [-0.4, -0.2) is 22.3 Å². The van der Waals surface area contributed by atoms with Gasteiger partial charge >= 0.3 is 0 Å². The molecule has 0 fully saturated rings. The third-order valence-electron chi connectivity index (χ3n) is 3.17. The molecule has 0 bridgehead atoms. The highest BCUT2D eigenvalue weighted by Gasteiger charge is 2.18. The minimum absolute atomic E-state index is 0.164. The van der Waals surface area contributed by atoms with Gasteiger partial charge in [-0.2, -0.15) is 5.10 Å². The van der Waals surface area contributed by atoms with Crippen molar-refractivity contribution in [2.24, 2.45) is 7.05 Å². The molecule has 3 rings (SSSR count). The quantitative estimate of drug-likeness (QED) is 0.908. The smallest absolute Gasteiger partial charge is 0.256 e. The number of ether oxygens (including phenoxy) is 1. The third-order valence-corrected chi connectivity index (χ3v) is 3.17. The number of anilines is 1. The molecule has 0 aliphatic carbocycles. The van der Waals surface area contributed by atoms with E-state index in [-0.39, 0.29) is 12.5 Å². The summed E-state index contributed by atoms with van der Waals surface area (Å²) in [7, 11) is 1.80. The first kappa shape index (κ1) is 12.5. The zero-order valence-corrected chi connectivity index (χ0v) is 11.4. The van der Waals surface area contributed by atoms with E-state index in [0.717, 1.165) is 17.0 Å². The first-order valence-electron chi connectivity index (χ1n) is 6.38. The van der Waals surface area contributed by atoms with Crippen molar-refractivity contribution < 1.29 is 9.53 Å². The molecule has 1 N–H and O–H groups in total. The summed E-state index contributed by atoms with van der Waals surface area (Å²) in [5, 5.41) is 7.04. The van der Waals surface area contributed by atoms with Crippen LogP contribution in [0.2, 0.25) is 0 Å². The van der Waals surface area contributed by atoms with Crippen molar-refractivity contribution in [3.63, 3.8) is 0 Å². The Morgan fingerprint density at radius 2 is 2.20 bits per heavy atom. The molecule has 102 valence electrons. The molecular weight excluding hydrogens is 254 g/mol. The fourth-order valence-electron chi connectivity index (χ4n) is 2.17. The highest BCUT2D eigenvalue weighted by molar-refractivity contribution is 6.07. The molecule has 0 radical (unpaired) electrons. The molecular formula is C15H15N3O2. The van der Waals surface area contributed by atoms with Crippen LogP contribution in [-0.2, 0) is 11.8 Å². The molecule has 0 unspecified atom stereocenters. The largest absolute Gasteiger partial charge is 0.488 e. The molecule has 5 heteroatoms. The summed E-state index contributed by atoms with van der Waals surface area (Å²) in [5.41, 5.74) is 2.38. The van der Waals surface area contributed by atoms with Crippen LogP contribution in [0.5, 0.6) is 5.75 Å². The van der Waals surface area contributed by atoms with Gasteiger partial charge < -0.3 is 10.1 Å². The van der Waals surface area contributed by atoms with Crippen LogP contribution in [0.15, 0.2) is 35.9 Å². The standard InChI is InChI=1S/C15H15N3O2/c1-10-7-14(18(2)17-10)16-15(19)12-8-11-5-3-4-6-13(11)20-9-12/h3-8H,9H2,1-2H3,(H,16,19). The fraction of sp³-hybridized carbons (Fsp3) is 0.200. The fourth-order valence-corrected chi connectivity index (χ4v) is 2.17. The van der Waals surface area contributed by atoms with Crippen LogP contribution in [0.25, 0.3) is 6.08 Å². The zero-order valence-electron chi connectivity index (χ0n) is 11.4. The van der Waals surface area contributed by atoms with Gasteiger partial charge in [0.25, 0.3) is 5.91 Å². The number of para-hydroxylation sites is 1. The van der Waals surface area contributed by atoms with E-state index in [1.807, 2.05) is 43.3 Å². The maximum Gasteiger partial charge on any atom is 0.256 e. The molecule has 2 aromatic rings. The van der Waals surface area contributed by atoms with Crippen LogP contribution < -0.4 is 10.1 Å². The Labute approximate surface area is 116 Å². The lowest BCUT2D eigenvalue weighted by Crippen LogP contribution is -2.22. The van der Waals surface area contributed by atoms with Crippen molar-refractivity contribution in [1.82, 2.24) is 9.78 Å². The van der Waals surface area contributed by atoms with Crippen molar-refractivity contribution in [2.45, 2.75) is 6.92 Å². The molecule has 1 amide bonds. The molecule has 2 heterocycles. The van der Waals surface area contributed by atoms with E-state index < -0.39 is 0 Å². The highest BCUT2D eigenvalue weighted by atomic mass is 16.5. The summed E-state index contributed by atoms with van der Waals surface area (Å²) in [4.78, 5) is 12.2. The number of carbonyl (C=O) groups is 1. The lowest BCUT2D eigenvalue weighted by atomic mass is 10.1. The van der Waals surface area contributed by atoms with Crippen LogP contribution in [0.3, 0.4) is 0 Å². The summed E-state index contributed by atoms with van der Waals surface area (Å²) in [6.45, 7) is 2.16. The maximum absolute atomic E-state index is 12.2. The van der Waals surface area contributed by atoms with E-state index in [1.165, 1.54) is 0 Å². The number of benzene rings is 1. The number of amides is 1. The first-order chi connectivity index (χ1) is 9.63. The molecule has 0 saturated carbocycles. The van der Waals surface area contributed by atoms with E-state index in [1.54, 1.807) is 11.7 Å². The van der Waals surface area contributed by atoms with Crippen LogP contribution in [0.4, 0.5) is 5.82 Å². The second-order valence-corrected chi connectivity index (χ2v) is 4.74. The summed E-state index contributed by atoms with van der Waals surface area (Å²) >= 11 is 0. The van der Waals surface area contributed by atoms with Crippen molar-refractivity contribution in [3.05, 3.63) is 47.2 Å². The maximum atomic E-state index is 12.2. The third kappa shape index (κ3) is 2.30. The Balaban J connectivity index is 1.82. The van der Waals surface area contributed by atoms with E-state index >= 15 is 0 Å². The van der Waals surface area contributed by atoms with Crippen LogP contribution in [0, 0.1) is 6.92 Å². The van der Waals surface area contributed by atoms with Crippen molar-refractivity contribution in [1.29, 1.82) is 0 Å². The second kappa shape index (κ2) is 4.85. The normalized spacial score (nSPS) is 13.2. The average molecular weight is 269 g/mol. The Morgan fingerprint density at radius 1 is 1.40 bits per heavy atom. The zero-order chi connectivity index (χ0) is 14.1. The molecule has 0 atom stereocenters. The number of aromatic nitrogens is 2. The molecule has 1 aliphatic heterocycles. The summed E-state index contributed by atoms with van der Waals surface area (Å²) in [6.07, 6.45) is 1.86. The first-order valence-corrected chi connectivity index (χ1v) is 6.38. The molecule has 20 heavy (non-hydrogen) atoms. The molecule has 1 aromatic heterocycles. The van der Waals surface area contributed by atoms with E-state index in [4.69, 9.17) is 4.74 Å². The number of nitrogens with zero attached hydrogens (tertiary/aromatic N) is 2. The van der Waals surface area contributed by atoms with Crippen molar-refractivity contribution >= 4 is 17.8 Å². The van der Waals surface area contributed by atoms with Gasteiger partial charge in [0.15, 0.2) is 0 Å². The molecule has 0 saturated heterocycles. The summed E-state index contributed by atoms with van der Waals surface area (Å²) in [6, 6.07) is 9.48. The molecule has 1 aliphatic rings. The molecule has 0 spiro atoms. The average Bonchev–Trinajstić information content (AvgIpc) is 2.76. The van der Waals surface area contributed by atoms with Gasteiger partial charge in [-0.05, 0) is 19.1 Å². The predicted molar refractivity (Wildman–Crippen MR) is 76.5 cm³/mol. The van der Waals surface area contributed by atoms with Gasteiger partial charge in [-0.3, -0.25) is 9.48 Å². The Morgan fingerprint density at radius 3 is 2.95 bits per heavy atom. The van der Waals surface area contributed by atoms with Gasteiger partial charge in [0.2, 0.25) is 0 Å². The number of nitrogens with one attached hydrogen (secondary N) is 1. The molecule has 1 aromatic carbocycles. The van der Waals surface area contributed by atoms with Gasteiger partial charge in [-0.15, -0.1) is 0 Å². The summed E-state index contributed by atoms with van der Waals surface area (Å²) in [5.74, 6) is 1.31. The summed E-state index contributed by atoms with van der Waals surface area (Å²) < 4.78 is 7.22. The lowest BCUT2D eigenvalue weighted by Gasteiger charge is -2.17. The van der Waals surface area contributed by atoms with Crippen LogP contribution in [0.1, 0.15) is 11.3 Å². The second-order valence-electron chi connectivity index (χ2n) is 4.74. The number of hydrogen-bond acceptors (Lipinski definition) is 3. The van der Waals surface area contributed by atoms with E-state index in [0.29, 0.717) is 11.4 Å². The van der Waals surface area contributed by atoms with Gasteiger partial charge in [-0.1, -0.05) is 18.2 Å². The minimum atomic E-state index is -0.164. The van der Waals surface area contributed by atoms with Gasteiger partial charge in [0.05, 0.1) is 11.3 Å². The number of carbonyl (C=O) groups excluding carboxylic acids is 1. The Hall–Kier alpha value is -2.56. The topological polar surface area (TPSA) is 56.1 Å². The number of rotatable bonds is 2. The number of hydrogen-bond donors (Lipinski definition) is 1. The van der Waals surface area contributed by atoms with Crippen LogP contribution >= 0.6 is 0 Å². The van der Waals surface area contributed by atoms with Crippen molar-refractivity contribution in [2.75, 3.05) is 11.9 Å². The van der Waals surface area contributed by atoms with E-state index in [9.17, 15) is 4.79 Å². The number of fused-ring (bicyclic) bond motifs is 1. The monoisotopic (exact) mass is 269 g/mol. The van der Waals surface area contributed by atoms with Gasteiger partial charge in [-0.25, -0.2) is 0 Å². The SMILES string of the molecule is Cc1cc(NC(=O)C2=Cc3ccccc3OC2)n(C)n1. The lowest BCUT2D eigenvalue weighted by molar-refractivity contribution is -0.113. The molecule has 5 nitrogen and oxygen atoms in total. The van der Waals surface area contributed by atoms with Crippen molar-refractivity contribution in [3.8, 4) is 5.75 Å². The number of aryl methyl sites for hydroxylation is 2.